The van der Waals surface area contributed by atoms with Crippen molar-refractivity contribution < 1.29 is 9.84 Å². The summed E-state index contributed by atoms with van der Waals surface area (Å²) in [5, 5.41) is 15.9. The molecule has 1 atom stereocenters. The zero-order valence-corrected chi connectivity index (χ0v) is 16.6. The Hall–Kier alpha value is -1.96. The molecule has 0 aromatic heterocycles. The minimum Gasteiger partial charge on any atom is -0.508 e. The van der Waals surface area contributed by atoms with E-state index < -0.39 is 0 Å². The van der Waals surface area contributed by atoms with Crippen LogP contribution in [0.15, 0.2) is 53.5 Å². The molecule has 0 fully saturated rings. The van der Waals surface area contributed by atoms with Crippen LogP contribution in [0, 0.1) is 0 Å². The Morgan fingerprint density at radius 3 is 2.64 bits per heavy atom. The van der Waals surface area contributed by atoms with E-state index in [1.807, 2.05) is 37.3 Å². The molecule has 1 heterocycles. The molecule has 0 saturated carbocycles. The van der Waals surface area contributed by atoms with Gasteiger partial charge in [-0.3, -0.25) is 0 Å². The highest BCUT2D eigenvalue weighted by molar-refractivity contribution is 14.0. The molecule has 6 heteroatoms. The molecule has 0 spiro atoms. The van der Waals surface area contributed by atoms with Crippen LogP contribution in [0.4, 0.5) is 0 Å². The van der Waals surface area contributed by atoms with Crippen molar-refractivity contribution >= 4 is 29.9 Å². The molecule has 134 valence electrons. The number of benzene rings is 2. The van der Waals surface area contributed by atoms with Crippen molar-refractivity contribution in [3.8, 4) is 11.5 Å². The number of aromatic hydroxyl groups is 1. The molecule has 0 radical (unpaired) electrons. The van der Waals surface area contributed by atoms with Crippen molar-refractivity contribution in [2.24, 2.45) is 4.99 Å². The Balaban J connectivity index is 0.00000225. The third-order valence-electron chi connectivity index (χ3n) is 3.91. The summed E-state index contributed by atoms with van der Waals surface area (Å²) in [6.07, 6.45) is 1.04. The summed E-state index contributed by atoms with van der Waals surface area (Å²) in [4.78, 5) is 4.58. The number of para-hydroxylation sites is 1. The van der Waals surface area contributed by atoms with Gasteiger partial charge in [-0.2, -0.15) is 0 Å². The molecule has 0 aliphatic carbocycles. The topological polar surface area (TPSA) is 65.9 Å². The number of ether oxygens (including phenoxy) is 1. The molecule has 25 heavy (non-hydrogen) atoms. The van der Waals surface area contributed by atoms with E-state index >= 15 is 0 Å². The van der Waals surface area contributed by atoms with Crippen LogP contribution < -0.4 is 15.4 Å². The van der Waals surface area contributed by atoms with Gasteiger partial charge in [0, 0.05) is 13.0 Å². The van der Waals surface area contributed by atoms with Gasteiger partial charge in [-0.25, -0.2) is 4.99 Å². The highest BCUT2D eigenvalue weighted by Gasteiger charge is 2.22. The monoisotopic (exact) mass is 453 g/mol. The Labute approximate surface area is 165 Å². The molecular weight excluding hydrogens is 429 g/mol. The molecule has 1 aliphatic heterocycles. The maximum atomic E-state index is 9.32. The first-order valence-electron chi connectivity index (χ1n) is 8.29. The lowest BCUT2D eigenvalue weighted by atomic mass is 10.1. The summed E-state index contributed by atoms with van der Waals surface area (Å²) < 4.78 is 5.94. The maximum Gasteiger partial charge on any atom is 0.191 e. The van der Waals surface area contributed by atoms with Gasteiger partial charge in [-0.05, 0) is 36.2 Å². The standard InChI is InChI=1S/C19H23N3O2.HI/c1-2-20-19(21-12-14-7-9-16(23)10-8-14)22-13-17-11-15-5-3-4-6-18(15)24-17;/h3-10,17,23H,2,11-13H2,1H3,(H2,20,21,22);1H. The normalized spacial score (nSPS) is 15.7. The smallest absolute Gasteiger partial charge is 0.191 e. The number of halogens is 1. The molecule has 5 nitrogen and oxygen atoms in total. The molecule has 0 amide bonds. The number of rotatable bonds is 5. The van der Waals surface area contributed by atoms with Gasteiger partial charge in [-0.15, -0.1) is 24.0 Å². The largest absolute Gasteiger partial charge is 0.508 e. The average molecular weight is 453 g/mol. The van der Waals surface area contributed by atoms with Gasteiger partial charge in [-0.1, -0.05) is 30.3 Å². The van der Waals surface area contributed by atoms with Gasteiger partial charge in [0.2, 0.25) is 0 Å². The van der Waals surface area contributed by atoms with Crippen molar-refractivity contribution in [1.82, 2.24) is 10.6 Å². The summed E-state index contributed by atoms with van der Waals surface area (Å²) >= 11 is 0. The highest BCUT2D eigenvalue weighted by atomic mass is 127. The van der Waals surface area contributed by atoms with E-state index in [4.69, 9.17) is 4.74 Å². The van der Waals surface area contributed by atoms with Crippen LogP contribution in [0.2, 0.25) is 0 Å². The second-order valence-corrected chi connectivity index (χ2v) is 5.79. The zero-order valence-electron chi connectivity index (χ0n) is 14.2. The fourth-order valence-corrected chi connectivity index (χ4v) is 2.69. The first-order chi connectivity index (χ1) is 11.7. The Kier molecular flexibility index (Phi) is 7.36. The fourth-order valence-electron chi connectivity index (χ4n) is 2.69. The Morgan fingerprint density at radius 1 is 1.16 bits per heavy atom. The van der Waals surface area contributed by atoms with Crippen LogP contribution in [0.5, 0.6) is 11.5 Å². The summed E-state index contributed by atoms with van der Waals surface area (Å²) in [6.45, 7) is 4.10. The summed E-state index contributed by atoms with van der Waals surface area (Å²) in [6, 6.07) is 15.3. The maximum absolute atomic E-state index is 9.32. The fraction of sp³-hybridized carbons (Fsp3) is 0.316. The Morgan fingerprint density at radius 2 is 1.92 bits per heavy atom. The van der Waals surface area contributed by atoms with Crippen LogP contribution in [-0.4, -0.2) is 30.3 Å². The SMILES string of the molecule is CCNC(=NCc1ccc(O)cc1)NCC1Cc2ccccc2O1.I. The first-order valence-corrected chi connectivity index (χ1v) is 8.29. The molecule has 0 bridgehead atoms. The van der Waals surface area contributed by atoms with E-state index in [-0.39, 0.29) is 35.8 Å². The molecule has 1 unspecified atom stereocenters. The van der Waals surface area contributed by atoms with Gasteiger partial charge < -0.3 is 20.5 Å². The van der Waals surface area contributed by atoms with Crippen LogP contribution in [0.25, 0.3) is 0 Å². The molecule has 2 aromatic carbocycles. The summed E-state index contributed by atoms with van der Waals surface area (Å²) in [7, 11) is 0. The average Bonchev–Trinajstić information content (AvgIpc) is 3.02. The number of aliphatic imine (C=N–C) groups is 1. The van der Waals surface area contributed by atoms with E-state index in [9.17, 15) is 5.11 Å². The number of fused-ring (bicyclic) bond motifs is 1. The lowest BCUT2D eigenvalue weighted by Crippen LogP contribution is -2.42. The van der Waals surface area contributed by atoms with Crippen LogP contribution >= 0.6 is 24.0 Å². The van der Waals surface area contributed by atoms with E-state index in [0.29, 0.717) is 13.1 Å². The lowest BCUT2D eigenvalue weighted by molar-refractivity contribution is 0.235. The van der Waals surface area contributed by atoms with Crippen LogP contribution in [0.1, 0.15) is 18.1 Å². The van der Waals surface area contributed by atoms with E-state index in [1.54, 1.807) is 12.1 Å². The number of hydrogen-bond donors (Lipinski definition) is 3. The van der Waals surface area contributed by atoms with Gasteiger partial charge >= 0.3 is 0 Å². The van der Waals surface area contributed by atoms with Crippen molar-refractivity contribution in [3.05, 3.63) is 59.7 Å². The number of guanidine groups is 1. The highest BCUT2D eigenvalue weighted by Crippen LogP contribution is 2.27. The van der Waals surface area contributed by atoms with Gasteiger partial charge in [0.05, 0.1) is 13.1 Å². The van der Waals surface area contributed by atoms with E-state index in [2.05, 4.69) is 21.7 Å². The van der Waals surface area contributed by atoms with Crippen molar-refractivity contribution in [3.63, 3.8) is 0 Å². The van der Waals surface area contributed by atoms with Crippen LogP contribution in [-0.2, 0) is 13.0 Å². The summed E-state index contributed by atoms with van der Waals surface area (Å²) in [5.74, 6) is 2.02. The van der Waals surface area contributed by atoms with E-state index in [1.165, 1.54) is 5.56 Å². The number of phenolic OH excluding ortho intramolecular Hbond substituents is 1. The van der Waals surface area contributed by atoms with Gasteiger partial charge in [0.15, 0.2) is 5.96 Å². The van der Waals surface area contributed by atoms with Crippen LogP contribution in [0.3, 0.4) is 0 Å². The zero-order chi connectivity index (χ0) is 16.8. The number of hydrogen-bond acceptors (Lipinski definition) is 3. The number of nitrogens with one attached hydrogen (secondary N) is 2. The molecule has 0 saturated heterocycles. The quantitative estimate of drug-likeness (QED) is 0.370. The van der Waals surface area contributed by atoms with Crippen molar-refractivity contribution in [2.45, 2.75) is 26.0 Å². The third kappa shape index (κ3) is 5.52. The van der Waals surface area contributed by atoms with Crippen molar-refractivity contribution in [1.29, 1.82) is 0 Å². The molecular formula is C19H24IN3O2. The predicted octanol–water partition coefficient (Wildman–Crippen LogP) is 3.07. The minimum absolute atomic E-state index is 0. The van der Waals surface area contributed by atoms with Gasteiger partial charge in [0.1, 0.15) is 17.6 Å². The van der Waals surface area contributed by atoms with Crippen molar-refractivity contribution in [2.75, 3.05) is 13.1 Å². The second kappa shape index (κ2) is 9.50. The molecule has 3 N–H and O–H groups in total. The number of phenols is 1. The predicted molar refractivity (Wildman–Crippen MR) is 111 cm³/mol. The summed E-state index contributed by atoms with van der Waals surface area (Å²) in [5.41, 5.74) is 2.31. The molecule has 2 aromatic rings. The first kappa shape index (κ1) is 19.4. The number of nitrogens with zero attached hydrogens (tertiary/aromatic N) is 1. The molecule has 1 aliphatic rings. The molecule has 3 rings (SSSR count). The van der Waals surface area contributed by atoms with Gasteiger partial charge in [0.25, 0.3) is 0 Å². The Bertz CT molecular complexity index is 679. The third-order valence-corrected chi connectivity index (χ3v) is 3.91. The second-order valence-electron chi connectivity index (χ2n) is 5.79. The van der Waals surface area contributed by atoms with E-state index in [0.717, 1.165) is 30.2 Å². The minimum atomic E-state index is 0. The lowest BCUT2D eigenvalue weighted by Gasteiger charge is -2.15.